The van der Waals surface area contributed by atoms with Crippen LogP contribution in [-0.2, 0) is 9.59 Å². The van der Waals surface area contributed by atoms with Crippen LogP contribution in [0.15, 0.2) is 30.3 Å². The van der Waals surface area contributed by atoms with E-state index in [2.05, 4.69) is 17.6 Å². The summed E-state index contributed by atoms with van der Waals surface area (Å²) in [4.78, 5) is 40.1. The van der Waals surface area contributed by atoms with Crippen LogP contribution in [0.25, 0.3) is 0 Å². The standard InChI is InChI=1S/C20H30N4O3/c1-4-21-20(27)22-19(26)16(3)23-10-12-24(13-11-23)18(25)14-15(2)17-8-6-5-7-9-17/h5-9,15-16H,4,10-14H2,1-3H3,(H2,21,22,26,27)/t15-,16-/m0/s1. The number of nitrogens with one attached hydrogen (secondary N) is 2. The van der Waals surface area contributed by atoms with Crippen molar-refractivity contribution in [2.45, 2.75) is 39.2 Å². The monoisotopic (exact) mass is 374 g/mol. The Hall–Kier alpha value is -2.41. The lowest BCUT2D eigenvalue weighted by molar-refractivity contribution is -0.134. The molecule has 0 aromatic heterocycles. The molecule has 1 aliphatic heterocycles. The Balaban J connectivity index is 1.79. The number of nitrogens with zero attached hydrogens (tertiary/aromatic N) is 2. The summed E-state index contributed by atoms with van der Waals surface area (Å²) < 4.78 is 0. The molecule has 0 unspecified atom stereocenters. The molecule has 148 valence electrons. The summed E-state index contributed by atoms with van der Waals surface area (Å²) in [5, 5.41) is 4.89. The van der Waals surface area contributed by atoms with Crippen molar-refractivity contribution in [1.29, 1.82) is 0 Å². The van der Waals surface area contributed by atoms with Crippen molar-refractivity contribution in [3.8, 4) is 0 Å². The fourth-order valence-corrected chi connectivity index (χ4v) is 3.24. The quantitative estimate of drug-likeness (QED) is 0.792. The van der Waals surface area contributed by atoms with Crippen molar-refractivity contribution in [1.82, 2.24) is 20.4 Å². The van der Waals surface area contributed by atoms with Crippen LogP contribution in [0, 0.1) is 0 Å². The van der Waals surface area contributed by atoms with Gasteiger partial charge in [-0.25, -0.2) is 4.79 Å². The Bertz CT molecular complexity index is 642. The zero-order chi connectivity index (χ0) is 19.8. The molecule has 0 bridgehead atoms. The highest BCUT2D eigenvalue weighted by Crippen LogP contribution is 2.20. The number of urea groups is 1. The zero-order valence-electron chi connectivity index (χ0n) is 16.4. The highest BCUT2D eigenvalue weighted by molar-refractivity contribution is 5.96. The summed E-state index contributed by atoms with van der Waals surface area (Å²) in [5.41, 5.74) is 1.17. The molecule has 7 nitrogen and oxygen atoms in total. The first kappa shape index (κ1) is 20.9. The zero-order valence-corrected chi connectivity index (χ0v) is 16.4. The Morgan fingerprint density at radius 2 is 1.67 bits per heavy atom. The van der Waals surface area contributed by atoms with E-state index in [0.717, 1.165) is 0 Å². The van der Waals surface area contributed by atoms with E-state index in [4.69, 9.17) is 0 Å². The van der Waals surface area contributed by atoms with Gasteiger partial charge in [-0.1, -0.05) is 37.3 Å². The summed E-state index contributed by atoms with van der Waals surface area (Å²) in [5.74, 6) is 0.00219. The molecule has 27 heavy (non-hydrogen) atoms. The normalized spacial score (nSPS) is 17.1. The molecule has 0 aliphatic carbocycles. The smallest absolute Gasteiger partial charge is 0.321 e. The molecule has 2 atom stereocenters. The molecule has 1 aromatic rings. The van der Waals surface area contributed by atoms with Crippen molar-refractivity contribution in [3.63, 3.8) is 0 Å². The fraction of sp³-hybridized carbons (Fsp3) is 0.550. The van der Waals surface area contributed by atoms with E-state index in [1.165, 1.54) is 5.56 Å². The van der Waals surface area contributed by atoms with Gasteiger partial charge in [0.15, 0.2) is 0 Å². The van der Waals surface area contributed by atoms with Gasteiger partial charge in [-0.15, -0.1) is 0 Å². The number of imide groups is 1. The van der Waals surface area contributed by atoms with Gasteiger partial charge >= 0.3 is 6.03 Å². The van der Waals surface area contributed by atoms with E-state index in [9.17, 15) is 14.4 Å². The summed E-state index contributed by atoms with van der Waals surface area (Å²) in [6.45, 7) is 8.54. The third kappa shape index (κ3) is 6.06. The van der Waals surface area contributed by atoms with Crippen LogP contribution in [0.1, 0.15) is 38.7 Å². The minimum absolute atomic E-state index is 0.144. The molecule has 1 saturated heterocycles. The topological polar surface area (TPSA) is 81.8 Å². The number of rotatable bonds is 6. The molecule has 2 N–H and O–H groups in total. The minimum atomic E-state index is -0.474. The van der Waals surface area contributed by atoms with Gasteiger partial charge in [-0.2, -0.15) is 0 Å². The van der Waals surface area contributed by atoms with E-state index in [0.29, 0.717) is 39.1 Å². The average molecular weight is 374 g/mol. The second-order valence-corrected chi connectivity index (χ2v) is 6.96. The number of piperazine rings is 1. The van der Waals surface area contributed by atoms with Crippen molar-refractivity contribution >= 4 is 17.8 Å². The van der Waals surface area contributed by atoms with E-state index in [1.54, 1.807) is 13.8 Å². The summed E-state index contributed by atoms with van der Waals surface area (Å²) in [6.07, 6.45) is 0.483. The van der Waals surface area contributed by atoms with Gasteiger partial charge in [0.1, 0.15) is 0 Å². The first-order valence-corrected chi connectivity index (χ1v) is 9.57. The molecule has 0 spiro atoms. The molecule has 1 fully saturated rings. The summed E-state index contributed by atoms with van der Waals surface area (Å²) in [7, 11) is 0. The van der Waals surface area contributed by atoms with Gasteiger partial charge in [0.05, 0.1) is 6.04 Å². The Morgan fingerprint density at radius 1 is 1.04 bits per heavy atom. The van der Waals surface area contributed by atoms with E-state index < -0.39 is 12.1 Å². The van der Waals surface area contributed by atoms with E-state index in [1.807, 2.05) is 40.1 Å². The number of benzene rings is 1. The maximum absolute atomic E-state index is 12.6. The molecule has 0 radical (unpaired) electrons. The second-order valence-electron chi connectivity index (χ2n) is 6.96. The second kappa shape index (κ2) is 10.1. The first-order chi connectivity index (χ1) is 12.9. The van der Waals surface area contributed by atoms with Crippen LogP contribution in [0.2, 0.25) is 0 Å². The lowest BCUT2D eigenvalue weighted by Gasteiger charge is -2.37. The molecular weight excluding hydrogens is 344 g/mol. The van der Waals surface area contributed by atoms with Crippen LogP contribution in [0.4, 0.5) is 4.79 Å². The van der Waals surface area contributed by atoms with Crippen LogP contribution >= 0.6 is 0 Å². The van der Waals surface area contributed by atoms with Crippen LogP contribution in [-0.4, -0.2) is 66.4 Å². The maximum atomic E-state index is 12.6. The molecule has 1 heterocycles. The van der Waals surface area contributed by atoms with Gasteiger partial charge in [-0.3, -0.25) is 19.8 Å². The number of carbonyl (C=O) groups excluding carboxylic acids is 3. The van der Waals surface area contributed by atoms with Gasteiger partial charge in [0.2, 0.25) is 11.8 Å². The Kier molecular flexibility index (Phi) is 7.79. The predicted octanol–water partition coefficient (Wildman–Crippen LogP) is 1.56. The minimum Gasteiger partial charge on any atom is -0.340 e. The molecule has 7 heteroatoms. The third-order valence-electron chi connectivity index (χ3n) is 5.02. The lowest BCUT2D eigenvalue weighted by atomic mass is 9.97. The Labute approximate surface area is 161 Å². The van der Waals surface area contributed by atoms with Crippen LogP contribution < -0.4 is 10.6 Å². The van der Waals surface area contributed by atoms with Gasteiger partial charge in [-0.05, 0) is 25.3 Å². The highest BCUT2D eigenvalue weighted by atomic mass is 16.2. The molecule has 4 amide bonds. The maximum Gasteiger partial charge on any atom is 0.321 e. The molecule has 1 aliphatic rings. The van der Waals surface area contributed by atoms with Gasteiger partial charge < -0.3 is 10.2 Å². The van der Waals surface area contributed by atoms with Gasteiger partial charge in [0.25, 0.3) is 0 Å². The van der Waals surface area contributed by atoms with Crippen molar-refractivity contribution in [3.05, 3.63) is 35.9 Å². The molecule has 1 aromatic carbocycles. The van der Waals surface area contributed by atoms with E-state index in [-0.39, 0.29) is 17.7 Å². The number of hydrogen-bond acceptors (Lipinski definition) is 4. The van der Waals surface area contributed by atoms with Crippen molar-refractivity contribution in [2.75, 3.05) is 32.7 Å². The van der Waals surface area contributed by atoms with Crippen LogP contribution in [0.5, 0.6) is 0 Å². The Morgan fingerprint density at radius 3 is 2.26 bits per heavy atom. The molecule has 2 rings (SSSR count). The molecule has 0 saturated carbocycles. The number of hydrogen-bond donors (Lipinski definition) is 2. The van der Waals surface area contributed by atoms with Crippen molar-refractivity contribution in [2.24, 2.45) is 0 Å². The van der Waals surface area contributed by atoms with E-state index >= 15 is 0 Å². The summed E-state index contributed by atoms with van der Waals surface area (Å²) in [6, 6.07) is 9.16. The number of amides is 4. The first-order valence-electron chi connectivity index (χ1n) is 9.57. The van der Waals surface area contributed by atoms with Crippen LogP contribution in [0.3, 0.4) is 0 Å². The lowest BCUT2D eigenvalue weighted by Crippen LogP contribution is -2.56. The number of carbonyl (C=O) groups is 3. The molecular formula is C20H30N4O3. The SMILES string of the molecule is CCNC(=O)NC(=O)[C@H](C)N1CCN(C(=O)C[C@H](C)c2ccccc2)CC1. The largest absolute Gasteiger partial charge is 0.340 e. The predicted molar refractivity (Wildman–Crippen MR) is 104 cm³/mol. The average Bonchev–Trinajstić information content (AvgIpc) is 2.68. The third-order valence-corrected chi connectivity index (χ3v) is 5.02. The highest BCUT2D eigenvalue weighted by Gasteiger charge is 2.28. The fourth-order valence-electron chi connectivity index (χ4n) is 3.24. The summed E-state index contributed by atoms with van der Waals surface area (Å²) >= 11 is 0. The van der Waals surface area contributed by atoms with Gasteiger partial charge in [0, 0.05) is 39.1 Å². The van der Waals surface area contributed by atoms with Crippen molar-refractivity contribution < 1.29 is 14.4 Å².